The normalized spacial score (nSPS) is 10.5. The topological polar surface area (TPSA) is 93.8 Å². The molecule has 0 spiro atoms. The van der Waals surface area contributed by atoms with Crippen LogP contribution in [0.5, 0.6) is 0 Å². The number of carbonyl (C=O) groups excluding carboxylic acids is 1. The second kappa shape index (κ2) is 4.23. The monoisotopic (exact) mass is 272 g/mol. The van der Waals surface area contributed by atoms with Crippen molar-refractivity contribution in [1.29, 1.82) is 0 Å². The van der Waals surface area contributed by atoms with E-state index in [0.717, 1.165) is 4.68 Å². The van der Waals surface area contributed by atoms with Crippen molar-refractivity contribution in [2.45, 2.75) is 0 Å². The molecule has 0 atom stereocenters. The van der Waals surface area contributed by atoms with Crippen LogP contribution in [-0.2, 0) is 0 Å². The molecule has 17 heavy (non-hydrogen) atoms. The summed E-state index contributed by atoms with van der Waals surface area (Å²) in [6.07, 6.45) is 0. The first-order valence-corrected chi connectivity index (χ1v) is 5.19. The number of rotatable bonds is 2. The van der Waals surface area contributed by atoms with Gasteiger partial charge >= 0.3 is 5.69 Å². The number of halogens is 2. The van der Waals surface area contributed by atoms with E-state index in [1.54, 1.807) is 6.07 Å². The van der Waals surface area contributed by atoms with Gasteiger partial charge in [0.1, 0.15) is 0 Å². The zero-order valence-corrected chi connectivity index (χ0v) is 9.79. The molecule has 0 unspecified atom stereocenters. The lowest BCUT2D eigenvalue weighted by Crippen LogP contribution is -2.16. The average Bonchev–Trinajstić information content (AvgIpc) is 2.61. The van der Waals surface area contributed by atoms with E-state index in [4.69, 9.17) is 28.9 Å². The summed E-state index contributed by atoms with van der Waals surface area (Å²) in [5.41, 5.74) is 4.70. The summed E-state index contributed by atoms with van der Waals surface area (Å²) in [5, 5.41) is 4.38. The summed E-state index contributed by atoms with van der Waals surface area (Å²) in [5.74, 6) is -1.06. The van der Waals surface area contributed by atoms with Gasteiger partial charge in [-0.2, -0.15) is 4.68 Å². The van der Waals surface area contributed by atoms with Crippen LogP contribution in [0.3, 0.4) is 0 Å². The summed E-state index contributed by atoms with van der Waals surface area (Å²) < 4.78 is 0.943. The molecule has 1 amide bonds. The summed E-state index contributed by atoms with van der Waals surface area (Å²) in [6.45, 7) is 0. The van der Waals surface area contributed by atoms with Crippen molar-refractivity contribution in [2.75, 3.05) is 0 Å². The molecule has 3 N–H and O–H groups in total. The number of nitrogens with zero attached hydrogens (tertiary/aromatic N) is 2. The maximum absolute atomic E-state index is 11.5. The van der Waals surface area contributed by atoms with E-state index in [2.05, 4.69) is 10.1 Å². The zero-order valence-electron chi connectivity index (χ0n) is 8.28. The highest BCUT2D eigenvalue weighted by Gasteiger charge is 2.13. The molecule has 8 heteroatoms. The number of aromatic nitrogens is 3. The number of benzene rings is 1. The van der Waals surface area contributed by atoms with Crippen LogP contribution < -0.4 is 11.4 Å². The SMILES string of the molecule is NC(=O)c1nn(-c2ccc(Cl)cc2Cl)c(=O)[nH]1. The lowest BCUT2D eigenvalue weighted by atomic mass is 10.3. The van der Waals surface area contributed by atoms with Crippen molar-refractivity contribution >= 4 is 29.1 Å². The van der Waals surface area contributed by atoms with Gasteiger partial charge in [0.05, 0.1) is 10.7 Å². The molecule has 2 rings (SSSR count). The molecule has 6 nitrogen and oxygen atoms in total. The lowest BCUT2D eigenvalue weighted by molar-refractivity contribution is 0.0990. The largest absolute Gasteiger partial charge is 0.363 e. The Bertz CT molecular complexity index is 647. The Kier molecular flexibility index (Phi) is 2.91. The Morgan fingerprint density at radius 2 is 2.12 bits per heavy atom. The van der Waals surface area contributed by atoms with Gasteiger partial charge in [0.25, 0.3) is 5.91 Å². The molecule has 1 aromatic heterocycles. The second-order valence-corrected chi connectivity index (χ2v) is 3.99. The molecule has 0 saturated heterocycles. The van der Waals surface area contributed by atoms with E-state index in [-0.39, 0.29) is 10.8 Å². The predicted octanol–water partition coefficient (Wildman–Crippen LogP) is 0.966. The number of aromatic amines is 1. The molecule has 0 aliphatic rings. The molecule has 0 fully saturated rings. The molecule has 88 valence electrons. The van der Waals surface area contributed by atoms with Gasteiger partial charge in [-0.25, -0.2) is 4.79 Å². The van der Waals surface area contributed by atoms with Gasteiger partial charge in [0.15, 0.2) is 0 Å². The van der Waals surface area contributed by atoms with Crippen molar-refractivity contribution in [3.63, 3.8) is 0 Å². The van der Waals surface area contributed by atoms with Crippen LogP contribution in [0.2, 0.25) is 10.0 Å². The van der Waals surface area contributed by atoms with E-state index in [9.17, 15) is 9.59 Å². The minimum absolute atomic E-state index is 0.235. The standard InChI is InChI=1S/C9H6Cl2N4O2/c10-4-1-2-6(5(11)3-4)15-9(17)13-8(14-15)7(12)16/h1-3H,(H2,12,16)(H,13,14,17). The van der Waals surface area contributed by atoms with Crippen LogP contribution in [-0.4, -0.2) is 20.7 Å². The summed E-state index contributed by atoms with van der Waals surface area (Å²) in [7, 11) is 0. The molecule has 1 heterocycles. The van der Waals surface area contributed by atoms with Gasteiger partial charge in [-0.15, -0.1) is 5.10 Å². The van der Waals surface area contributed by atoms with Crippen LogP contribution in [0.1, 0.15) is 10.6 Å². The first kappa shape index (κ1) is 11.7. The van der Waals surface area contributed by atoms with Crippen molar-refractivity contribution in [3.8, 4) is 5.69 Å². The molecule has 0 aliphatic carbocycles. The van der Waals surface area contributed by atoms with Crippen molar-refractivity contribution in [3.05, 3.63) is 44.6 Å². The van der Waals surface area contributed by atoms with E-state index in [0.29, 0.717) is 10.7 Å². The van der Waals surface area contributed by atoms with Crippen molar-refractivity contribution in [2.24, 2.45) is 5.73 Å². The molecular weight excluding hydrogens is 267 g/mol. The van der Waals surface area contributed by atoms with Gasteiger partial charge in [-0.05, 0) is 18.2 Å². The fourth-order valence-electron chi connectivity index (χ4n) is 1.25. The van der Waals surface area contributed by atoms with Gasteiger partial charge in [-0.3, -0.25) is 9.78 Å². The maximum Gasteiger partial charge on any atom is 0.348 e. The molecule has 0 aliphatic heterocycles. The number of hydrogen-bond donors (Lipinski definition) is 2. The van der Waals surface area contributed by atoms with E-state index in [1.807, 2.05) is 0 Å². The van der Waals surface area contributed by atoms with Crippen LogP contribution in [0.25, 0.3) is 5.69 Å². The van der Waals surface area contributed by atoms with Gasteiger partial charge in [0.2, 0.25) is 5.82 Å². The van der Waals surface area contributed by atoms with Gasteiger partial charge in [0, 0.05) is 5.02 Å². The molecule has 1 aromatic carbocycles. The Hall–Kier alpha value is -1.79. The molecule has 0 saturated carbocycles. The third kappa shape index (κ3) is 2.17. The summed E-state index contributed by atoms with van der Waals surface area (Å²) >= 11 is 11.6. The predicted molar refractivity (Wildman–Crippen MR) is 62.7 cm³/mol. The lowest BCUT2D eigenvalue weighted by Gasteiger charge is -2.02. The van der Waals surface area contributed by atoms with Crippen LogP contribution in [0.15, 0.2) is 23.0 Å². The Morgan fingerprint density at radius 3 is 2.65 bits per heavy atom. The number of amides is 1. The first-order valence-electron chi connectivity index (χ1n) is 4.43. The van der Waals surface area contributed by atoms with Crippen molar-refractivity contribution < 1.29 is 4.79 Å². The smallest absolute Gasteiger partial charge is 0.348 e. The minimum Gasteiger partial charge on any atom is -0.363 e. The van der Waals surface area contributed by atoms with Crippen LogP contribution in [0.4, 0.5) is 0 Å². The number of carbonyl (C=O) groups is 1. The van der Waals surface area contributed by atoms with Gasteiger partial charge < -0.3 is 5.73 Å². The molecule has 2 aromatic rings. The van der Waals surface area contributed by atoms with E-state index >= 15 is 0 Å². The quantitative estimate of drug-likeness (QED) is 0.853. The third-order valence-corrected chi connectivity index (χ3v) is 2.53. The number of H-pyrrole nitrogens is 1. The number of nitrogens with two attached hydrogens (primary N) is 1. The third-order valence-electron chi connectivity index (χ3n) is 1.99. The average molecular weight is 273 g/mol. The molecule has 0 radical (unpaired) electrons. The Balaban J connectivity index is 2.60. The second-order valence-electron chi connectivity index (χ2n) is 3.15. The molecular formula is C9H6Cl2N4O2. The van der Waals surface area contributed by atoms with Crippen LogP contribution in [0, 0.1) is 0 Å². The minimum atomic E-state index is -0.828. The summed E-state index contributed by atoms with van der Waals surface area (Å²) in [4.78, 5) is 24.6. The van der Waals surface area contributed by atoms with E-state index in [1.165, 1.54) is 12.1 Å². The van der Waals surface area contributed by atoms with Crippen molar-refractivity contribution in [1.82, 2.24) is 14.8 Å². The first-order chi connectivity index (χ1) is 7.99. The number of primary amides is 1. The Labute approximate surface area is 105 Å². The number of hydrogen-bond acceptors (Lipinski definition) is 3. The van der Waals surface area contributed by atoms with Gasteiger partial charge in [-0.1, -0.05) is 23.2 Å². The highest BCUT2D eigenvalue weighted by atomic mass is 35.5. The van der Waals surface area contributed by atoms with E-state index < -0.39 is 11.6 Å². The maximum atomic E-state index is 11.5. The van der Waals surface area contributed by atoms with Crippen LogP contribution >= 0.6 is 23.2 Å². The summed E-state index contributed by atoms with van der Waals surface area (Å²) in [6, 6.07) is 4.52. The number of nitrogens with one attached hydrogen (secondary N) is 1. The highest BCUT2D eigenvalue weighted by Crippen LogP contribution is 2.22. The fourth-order valence-corrected chi connectivity index (χ4v) is 1.74. The fraction of sp³-hybridized carbons (Fsp3) is 0. The highest BCUT2D eigenvalue weighted by molar-refractivity contribution is 6.35. The Morgan fingerprint density at radius 1 is 1.41 bits per heavy atom. The molecule has 0 bridgehead atoms. The zero-order chi connectivity index (χ0) is 12.6.